The highest BCUT2D eigenvalue weighted by Gasteiger charge is 2.10. The summed E-state index contributed by atoms with van der Waals surface area (Å²) in [7, 11) is 0. The smallest absolute Gasteiger partial charge is 0.262 e. The van der Waals surface area contributed by atoms with Gasteiger partial charge < -0.3 is 24.8 Å². The van der Waals surface area contributed by atoms with E-state index < -0.39 is 0 Å². The monoisotopic (exact) mass is 434 g/mol. The van der Waals surface area contributed by atoms with Crippen molar-refractivity contribution in [2.75, 3.05) is 30.5 Å². The van der Waals surface area contributed by atoms with Gasteiger partial charge in [-0.05, 0) is 74.4 Å². The van der Waals surface area contributed by atoms with Gasteiger partial charge in [0.2, 0.25) is 0 Å². The Balaban J connectivity index is 1.58. The second-order valence-electron chi connectivity index (χ2n) is 7.18. The first-order valence-electron chi connectivity index (χ1n) is 10.8. The standard InChI is InChI=1S/C26H30N2O4/c1-4-30-22-13-11-21(12-14-22)27-17-20-10-15-24(25(16-20)31-5-2)32-18-26(29)28-23-9-7-6-8-19(23)3/h6-16,27H,4-5,17-18H2,1-3H3,(H,28,29). The molecular weight excluding hydrogens is 404 g/mol. The van der Waals surface area contributed by atoms with Crippen LogP contribution in [0.2, 0.25) is 0 Å². The normalized spacial score (nSPS) is 10.3. The molecule has 2 N–H and O–H groups in total. The molecule has 0 aliphatic rings. The number of ether oxygens (including phenoxy) is 3. The predicted octanol–water partition coefficient (Wildman–Crippen LogP) is 5.42. The van der Waals surface area contributed by atoms with E-state index in [1.54, 1.807) is 0 Å². The zero-order valence-corrected chi connectivity index (χ0v) is 18.8. The SMILES string of the molecule is CCOc1ccc(NCc2ccc(OCC(=O)Nc3ccccc3C)c(OCC)c2)cc1. The zero-order valence-electron chi connectivity index (χ0n) is 18.8. The molecule has 0 aliphatic carbocycles. The minimum atomic E-state index is -0.219. The van der Waals surface area contributed by atoms with Gasteiger partial charge in [0.1, 0.15) is 5.75 Å². The lowest BCUT2D eigenvalue weighted by molar-refractivity contribution is -0.118. The van der Waals surface area contributed by atoms with Crippen molar-refractivity contribution in [3.8, 4) is 17.2 Å². The number of carbonyl (C=O) groups is 1. The van der Waals surface area contributed by atoms with Crippen LogP contribution in [0.4, 0.5) is 11.4 Å². The van der Waals surface area contributed by atoms with Crippen LogP contribution in [0.1, 0.15) is 25.0 Å². The summed E-state index contributed by atoms with van der Waals surface area (Å²) < 4.78 is 17.0. The van der Waals surface area contributed by atoms with E-state index in [4.69, 9.17) is 14.2 Å². The van der Waals surface area contributed by atoms with Crippen molar-refractivity contribution in [3.05, 3.63) is 77.9 Å². The van der Waals surface area contributed by atoms with E-state index >= 15 is 0 Å². The molecule has 3 aromatic carbocycles. The Morgan fingerprint density at radius 2 is 1.59 bits per heavy atom. The van der Waals surface area contributed by atoms with Crippen molar-refractivity contribution in [1.29, 1.82) is 0 Å². The fourth-order valence-corrected chi connectivity index (χ4v) is 3.13. The molecule has 6 heteroatoms. The highest BCUT2D eigenvalue weighted by molar-refractivity contribution is 5.92. The second kappa shape index (κ2) is 11.6. The maximum Gasteiger partial charge on any atom is 0.262 e. The highest BCUT2D eigenvalue weighted by atomic mass is 16.5. The number of aryl methyl sites for hydroxylation is 1. The van der Waals surface area contributed by atoms with Crippen LogP contribution in [-0.4, -0.2) is 25.7 Å². The van der Waals surface area contributed by atoms with Gasteiger partial charge in [-0.2, -0.15) is 0 Å². The van der Waals surface area contributed by atoms with E-state index in [0.29, 0.717) is 31.3 Å². The molecule has 0 spiro atoms. The summed E-state index contributed by atoms with van der Waals surface area (Å²) >= 11 is 0. The number of amides is 1. The Kier molecular flexibility index (Phi) is 8.37. The molecule has 0 aromatic heterocycles. The number of para-hydroxylation sites is 1. The quantitative estimate of drug-likeness (QED) is 0.422. The van der Waals surface area contributed by atoms with Crippen LogP contribution < -0.4 is 24.8 Å². The van der Waals surface area contributed by atoms with Crippen molar-refractivity contribution in [3.63, 3.8) is 0 Å². The van der Waals surface area contributed by atoms with Crippen molar-refractivity contribution < 1.29 is 19.0 Å². The lowest BCUT2D eigenvalue weighted by Crippen LogP contribution is -2.20. The Bertz CT molecular complexity index is 1020. The Morgan fingerprint density at radius 3 is 2.31 bits per heavy atom. The lowest BCUT2D eigenvalue weighted by Gasteiger charge is -2.14. The minimum Gasteiger partial charge on any atom is -0.494 e. The topological polar surface area (TPSA) is 68.8 Å². The van der Waals surface area contributed by atoms with E-state index in [-0.39, 0.29) is 12.5 Å². The number of rotatable bonds is 11. The molecule has 3 rings (SSSR count). The first-order chi connectivity index (χ1) is 15.6. The summed E-state index contributed by atoms with van der Waals surface area (Å²) in [5, 5.41) is 6.26. The first-order valence-corrected chi connectivity index (χ1v) is 10.8. The van der Waals surface area contributed by atoms with Gasteiger partial charge in [0.15, 0.2) is 18.1 Å². The van der Waals surface area contributed by atoms with Gasteiger partial charge in [0.25, 0.3) is 5.91 Å². The number of anilines is 2. The van der Waals surface area contributed by atoms with Crippen LogP contribution in [0.5, 0.6) is 17.2 Å². The number of hydrogen-bond donors (Lipinski definition) is 2. The fraction of sp³-hybridized carbons (Fsp3) is 0.269. The largest absolute Gasteiger partial charge is 0.494 e. The third-order valence-electron chi connectivity index (χ3n) is 4.75. The Hall–Kier alpha value is -3.67. The highest BCUT2D eigenvalue weighted by Crippen LogP contribution is 2.29. The first kappa shape index (κ1) is 23.0. The number of nitrogens with one attached hydrogen (secondary N) is 2. The summed E-state index contributed by atoms with van der Waals surface area (Å²) in [5.41, 5.74) is 3.82. The summed E-state index contributed by atoms with van der Waals surface area (Å²) in [6.07, 6.45) is 0. The van der Waals surface area contributed by atoms with Gasteiger partial charge in [-0.15, -0.1) is 0 Å². The molecule has 0 aliphatic heterocycles. The molecule has 3 aromatic rings. The fourth-order valence-electron chi connectivity index (χ4n) is 3.13. The molecule has 168 valence electrons. The summed E-state index contributed by atoms with van der Waals surface area (Å²) in [4.78, 5) is 12.3. The molecule has 0 bridgehead atoms. The third kappa shape index (κ3) is 6.67. The van der Waals surface area contributed by atoms with E-state index in [1.165, 1.54) is 0 Å². The van der Waals surface area contributed by atoms with E-state index in [9.17, 15) is 4.79 Å². The van der Waals surface area contributed by atoms with E-state index in [1.807, 2.05) is 87.5 Å². The molecule has 0 atom stereocenters. The van der Waals surface area contributed by atoms with Gasteiger partial charge in [0.05, 0.1) is 13.2 Å². The molecule has 0 saturated heterocycles. The van der Waals surface area contributed by atoms with Crippen LogP contribution in [0.3, 0.4) is 0 Å². The van der Waals surface area contributed by atoms with Crippen molar-refractivity contribution in [1.82, 2.24) is 0 Å². The maximum atomic E-state index is 12.3. The second-order valence-corrected chi connectivity index (χ2v) is 7.18. The molecule has 0 unspecified atom stereocenters. The molecule has 1 amide bonds. The van der Waals surface area contributed by atoms with Crippen LogP contribution in [0.25, 0.3) is 0 Å². The zero-order chi connectivity index (χ0) is 22.8. The van der Waals surface area contributed by atoms with Crippen molar-refractivity contribution >= 4 is 17.3 Å². The average molecular weight is 435 g/mol. The molecule has 0 radical (unpaired) electrons. The number of hydrogen-bond acceptors (Lipinski definition) is 5. The molecule has 32 heavy (non-hydrogen) atoms. The van der Waals surface area contributed by atoms with E-state index in [0.717, 1.165) is 28.3 Å². The molecular formula is C26H30N2O4. The van der Waals surface area contributed by atoms with Crippen molar-refractivity contribution in [2.45, 2.75) is 27.3 Å². The van der Waals surface area contributed by atoms with Gasteiger partial charge in [-0.3, -0.25) is 4.79 Å². The van der Waals surface area contributed by atoms with Crippen LogP contribution in [0.15, 0.2) is 66.7 Å². The minimum absolute atomic E-state index is 0.0990. The number of carbonyl (C=O) groups excluding carboxylic acids is 1. The van der Waals surface area contributed by atoms with Crippen LogP contribution in [-0.2, 0) is 11.3 Å². The molecule has 0 heterocycles. The van der Waals surface area contributed by atoms with Gasteiger partial charge in [0, 0.05) is 17.9 Å². The Labute approximate surface area is 189 Å². The molecule has 0 saturated carbocycles. The summed E-state index contributed by atoms with van der Waals surface area (Å²) in [5.74, 6) is 1.78. The third-order valence-corrected chi connectivity index (χ3v) is 4.75. The van der Waals surface area contributed by atoms with Gasteiger partial charge in [-0.25, -0.2) is 0 Å². The lowest BCUT2D eigenvalue weighted by atomic mass is 10.2. The maximum absolute atomic E-state index is 12.3. The Morgan fingerprint density at radius 1 is 0.844 bits per heavy atom. The molecule has 0 fully saturated rings. The van der Waals surface area contributed by atoms with Crippen molar-refractivity contribution in [2.24, 2.45) is 0 Å². The van der Waals surface area contributed by atoms with Gasteiger partial charge >= 0.3 is 0 Å². The summed E-state index contributed by atoms with van der Waals surface area (Å²) in [6, 6.07) is 21.2. The predicted molar refractivity (Wildman–Crippen MR) is 128 cm³/mol. The van der Waals surface area contributed by atoms with E-state index in [2.05, 4.69) is 10.6 Å². The number of benzene rings is 3. The molecule has 6 nitrogen and oxygen atoms in total. The van der Waals surface area contributed by atoms with Gasteiger partial charge in [-0.1, -0.05) is 24.3 Å². The van der Waals surface area contributed by atoms with Crippen LogP contribution >= 0.6 is 0 Å². The average Bonchev–Trinajstić information content (AvgIpc) is 2.80. The van der Waals surface area contributed by atoms with Crippen LogP contribution in [0, 0.1) is 6.92 Å². The summed E-state index contributed by atoms with van der Waals surface area (Å²) in [6.45, 7) is 7.51.